The van der Waals surface area contributed by atoms with Gasteiger partial charge in [0.25, 0.3) is 0 Å². The summed E-state index contributed by atoms with van der Waals surface area (Å²) in [6, 6.07) is 6.61. The van der Waals surface area contributed by atoms with Crippen molar-refractivity contribution in [2.45, 2.75) is 26.3 Å². The van der Waals surface area contributed by atoms with E-state index in [1.54, 1.807) is 31.2 Å². The van der Waals surface area contributed by atoms with Gasteiger partial charge in [0.2, 0.25) is 5.91 Å². The van der Waals surface area contributed by atoms with E-state index in [2.05, 4.69) is 5.32 Å². The van der Waals surface area contributed by atoms with Crippen molar-refractivity contribution in [2.24, 2.45) is 0 Å². The molecule has 0 fully saturated rings. The lowest BCUT2D eigenvalue weighted by molar-refractivity contribution is -0.143. The Hall–Kier alpha value is -1.55. The number of halogens is 1. The molecule has 0 aliphatic heterocycles. The number of nitrogens with one attached hydrogen (secondary N) is 1. The van der Waals surface area contributed by atoms with Gasteiger partial charge in [0.05, 0.1) is 19.1 Å². The third-order valence-corrected chi connectivity index (χ3v) is 2.58. The van der Waals surface area contributed by atoms with Crippen molar-refractivity contribution in [1.29, 1.82) is 0 Å². The first-order valence-corrected chi connectivity index (χ1v) is 6.09. The zero-order valence-electron chi connectivity index (χ0n) is 10.4. The Morgan fingerprint density at radius 1 is 1.33 bits per heavy atom. The second-order valence-electron chi connectivity index (χ2n) is 3.81. The fourth-order valence-corrected chi connectivity index (χ4v) is 1.71. The summed E-state index contributed by atoms with van der Waals surface area (Å²) in [4.78, 5) is 22.6. The lowest BCUT2D eigenvalue weighted by Gasteiger charge is -2.17. The third-order valence-electron chi connectivity index (χ3n) is 2.33. The van der Waals surface area contributed by atoms with Crippen molar-refractivity contribution in [3.63, 3.8) is 0 Å². The second-order valence-corrected chi connectivity index (χ2v) is 4.25. The Morgan fingerprint density at radius 2 is 1.94 bits per heavy atom. The Kier molecular flexibility index (Phi) is 5.65. The summed E-state index contributed by atoms with van der Waals surface area (Å²) in [5.41, 5.74) is 0.822. The van der Waals surface area contributed by atoms with E-state index >= 15 is 0 Å². The number of rotatable bonds is 5. The third kappa shape index (κ3) is 4.75. The molecule has 18 heavy (non-hydrogen) atoms. The van der Waals surface area contributed by atoms with Gasteiger partial charge in [-0.25, -0.2) is 0 Å². The molecule has 0 spiro atoms. The monoisotopic (exact) mass is 269 g/mol. The quantitative estimate of drug-likeness (QED) is 0.836. The Morgan fingerprint density at radius 3 is 2.44 bits per heavy atom. The SMILES string of the molecule is CCOC(=O)C[C@@H](NC(C)=O)c1ccc(Cl)cc1. The van der Waals surface area contributed by atoms with Crippen LogP contribution in [0.1, 0.15) is 31.9 Å². The molecule has 0 unspecified atom stereocenters. The molecule has 1 amide bonds. The fourth-order valence-electron chi connectivity index (χ4n) is 1.58. The molecule has 1 N–H and O–H groups in total. The molecule has 0 aliphatic carbocycles. The van der Waals surface area contributed by atoms with E-state index in [0.29, 0.717) is 11.6 Å². The van der Waals surface area contributed by atoms with E-state index in [-0.39, 0.29) is 24.3 Å². The van der Waals surface area contributed by atoms with E-state index in [9.17, 15) is 9.59 Å². The van der Waals surface area contributed by atoms with E-state index in [0.717, 1.165) is 5.56 Å². The number of benzene rings is 1. The van der Waals surface area contributed by atoms with Gasteiger partial charge in [0, 0.05) is 11.9 Å². The number of esters is 1. The zero-order valence-corrected chi connectivity index (χ0v) is 11.2. The van der Waals surface area contributed by atoms with Crippen molar-refractivity contribution in [3.8, 4) is 0 Å². The van der Waals surface area contributed by atoms with Crippen molar-refractivity contribution < 1.29 is 14.3 Å². The lowest BCUT2D eigenvalue weighted by Crippen LogP contribution is -2.28. The van der Waals surface area contributed by atoms with Crippen LogP contribution in [0.4, 0.5) is 0 Å². The molecule has 5 heteroatoms. The minimum absolute atomic E-state index is 0.106. The predicted molar refractivity (Wildman–Crippen MR) is 69.3 cm³/mol. The van der Waals surface area contributed by atoms with Crippen LogP contribution in [0, 0.1) is 0 Å². The Balaban J connectivity index is 2.80. The van der Waals surface area contributed by atoms with Crippen LogP contribution < -0.4 is 5.32 Å². The first-order valence-electron chi connectivity index (χ1n) is 5.71. The molecule has 0 aromatic heterocycles. The van der Waals surface area contributed by atoms with Crippen LogP contribution in [0.3, 0.4) is 0 Å². The van der Waals surface area contributed by atoms with Crippen LogP contribution in [-0.4, -0.2) is 18.5 Å². The van der Waals surface area contributed by atoms with Crippen LogP contribution in [0.25, 0.3) is 0 Å². The molecule has 1 atom stereocenters. The molecule has 0 saturated carbocycles. The zero-order chi connectivity index (χ0) is 13.5. The van der Waals surface area contributed by atoms with Crippen molar-refractivity contribution in [2.75, 3.05) is 6.61 Å². The van der Waals surface area contributed by atoms with E-state index < -0.39 is 0 Å². The summed E-state index contributed by atoms with van der Waals surface area (Å²) < 4.78 is 4.88. The summed E-state index contributed by atoms with van der Waals surface area (Å²) in [6.07, 6.45) is 0.106. The smallest absolute Gasteiger partial charge is 0.308 e. The van der Waals surface area contributed by atoms with Gasteiger partial charge >= 0.3 is 5.97 Å². The molecule has 0 radical (unpaired) electrons. The van der Waals surface area contributed by atoms with Gasteiger partial charge in [-0.1, -0.05) is 23.7 Å². The van der Waals surface area contributed by atoms with Gasteiger partial charge in [-0.15, -0.1) is 0 Å². The summed E-state index contributed by atoms with van der Waals surface area (Å²) >= 11 is 5.80. The van der Waals surface area contributed by atoms with E-state index in [1.165, 1.54) is 6.92 Å². The highest BCUT2D eigenvalue weighted by atomic mass is 35.5. The number of carbonyl (C=O) groups excluding carboxylic acids is 2. The summed E-state index contributed by atoms with van der Waals surface area (Å²) in [6.45, 7) is 3.48. The van der Waals surface area contributed by atoms with E-state index in [4.69, 9.17) is 16.3 Å². The molecular weight excluding hydrogens is 254 g/mol. The summed E-state index contributed by atoms with van der Waals surface area (Å²) in [7, 11) is 0. The molecule has 0 saturated heterocycles. The molecule has 98 valence electrons. The second kappa shape index (κ2) is 7.01. The largest absolute Gasteiger partial charge is 0.466 e. The lowest BCUT2D eigenvalue weighted by atomic mass is 10.0. The van der Waals surface area contributed by atoms with Crippen LogP contribution >= 0.6 is 11.6 Å². The number of hydrogen-bond donors (Lipinski definition) is 1. The van der Waals surface area contributed by atoms with Crippen molar-refractivity contribution in [1.82, 2.24) is 5.32 Å². The number of ether oxygens (including phenoxy) is 1. The summed E-state index contributed by atoms with van der Waals surface area (Å²) in [5.74, 6) is -0.537. The minimum Gasteiger partial charge on any atom is -0.466 e. The molecule has 0 heterocycles. The fraction of sp³-hybridized carbons (Fsp3) is 0.385. The van der Waals surface area contributed by atoms with Crippen LogP contribution in [0.2, 0.25) is 5.02 Å². The minimum atomic E-state index is -0.390. The number of hydrogen-bond acceptors (Lipinski definition) is 3. The van der Waals surface area contributed by atoms with Gasteiger partial charge in [-0.3, -0.25) is 9.59 Å². The first-order chi connectivity index (χ1) is 8.52. The van der Waals surface area contributed by atoms with Crippen molar-refractivity contribution >= 4 is 23.5 Å². The highest BCUT2D eigenvalue weighted by molar-refractivity contribution is 6.30. The van der Waals surface area contributed by atoms with Crippen molar-refractivity contribution in [3.05, 3.63) is 34.9 Å². The number of amides is 1. The first kappa shape index (κ1) is 14.5. The maximum Gasteiger partial charge on any atom is 0.308 e. The maximum absolute atomic E-state index is 11.5. The van der Waals surface area contributed by atoms with E-state index in [1.807, 2.05) is 0 Å². The Labute approximate surface area is 111 Å². The molecule has 1 aromatic carbocycles. The average molecular weight is 270 g/mol. The van der Waals surface area contributed by atoms with Crippen LogP contribution in [0.15, 0.2) is 24.3 Å². The topological polar surface area (TPSA) is 55.4 Å². The standard InChI is InChI=1S/C13H16ClNO3/c1-3-18-13(17)8-12(15-9(2)16)10-4-6-11(14)7-5-10/h4-7,12H,3,8H2,1-2H3,(H,15,16)/t12-/m1/s1. The number of carbonyl (C=O) groups is 2. The molecule has 1 rings (SSSR count). The molecule has 0 aliphatic rings. The van der Waals surface area contributed by atoms with Gasteiger partial charge in [0.1, 0.15) is 0 Å². The van der Waals surface area contributed by atoms with Gasteiger partial charge in [0.15, 0.2) is 0 Å². The molecular formula is C13H16ClNO3. The molecule has 0 bridgehead atoms. The molecule has 4 nitrogen and oxygen atoms in total. The maximum atomic E-state index is 11.5. The van der Waals surface area contributed by atoms with Crippen LogP contribution in [0.5, 0.6) is 0 Å². The molecule has 1 aromatic rings. The van der Waals surface area contributed by atoms with Crippen LogP contribution in [-0.2, 0) is 14.3 Å². The summed E-state index contributed by atoms with van der Waals surface area (Å²) in [5, 5.41) is 3.33. The van der Waals surface area contributed by atoms with Gasteiger partial charge in [-0.05, 0) is 24.6 Å². The highest BCUT2D eigenvalue weighted by Gasteiger charge is 2.17. The predicted octanol–water partition coefficient (Wildman–Crippen LogP) is 2.47. The average Bonchev–Trinajstić information content (AvgIpc) is 2.28. The van der Waals surface area contributed by atoms with Gasteiger partial charge < -0.3 is 10.1 Å². The Bertz CT molecular complexity index is 417. The van der Waals surface area contributed by atoms with Gasteiger partial charge in [-0.2, -0.15) is 0 Å². The normalized spacial score (nSPS) is 11.7. The highest BCUT2D eigenvalue weighted by Crippen LogP contribution is 2.20.